The highest BCUT2D eigenvalue weighted by Gasteiger charge is 2.30. The Bertz CT molecular complexity index is 466. The van der Waals surface area contributed by atoms with Crippen LogP contribution in [0.25, 0.3) is 0 Å². The summed E-state index contributed by atoms with van der Waals surface area (Å²) in [6, 6.07) is 6.45. The fourth-order valence-electron chi connectivity index (χ4n) is 3.36. The maximum atomic E-state index is 6.50. The number of benzene rings is 1. The molecule has 1 fully saturated rings. The number of hydrogen-bond acceptors (Lipinski definition) is 3. The van der Waals surface area contributed by atoms with E-state index in [4.69, 9.17) is 10.5 Å². The van der Waals surface area contributed by atoms with Crippen LogP contribution in [0.2, 0.25) is 0 Å². The highest BCUT2D eigenvalue weighted by molar-refractivity contribution is 5.40. The van der Waals surface area contributed by atoms with Gasteiger partial charge >= 0.3 is 0 Å². The van der Waals surface area contributed by atoms with Crippen LogP contribution in [0.4, 0.5) is 0 Å². The SMILES string of the molecule is Cc1ccc2c(c1)C(N)C(CN1CCC(C)CC1)CO2. The second-order valence-electron chi connectivity index (χ2n) is 6.62. The molecule has 3 nitrogen and oxygen atoms in total. The first-order chi connectivity index (χ1) is 9.63. The van der Waals surface area contributed by atoms with Crippen LogP contribution in [0.3, 0.4) is 0 Å². The summed E-state index contributed by atoms with van der Waals surface area (Å²) in [4.78, 5) is 2.56. The molecule has 0 aliphatic carbocycles. The van der Waals surface area contributed by atoms with Gasteiger partial charge in [-0.05, 0) is 44.8 Å². The molecular weight excluding hydrogens is 248 g/mol. The minimum Gasteiger partial charge on any atom is -0.493 e. The second-order valence-corrected chi connectivity index (χ2v) is 6.62. The van der Waals surface area contributed by atoms with Gasteiger partial charge in [-0.15, -0.1) is 0 Å². The Morgan fingerprint density at radius 1 is 1.30 bits per heavy atom. The van der Waals surface area contributed by atoms with Gasteiger partial charge in [0.2, 0.25) is 0 Å². The molecule has 2 unspecified atom stereocenters. The first kappa shape index (κ1) is 13.9. The Morgan fingerprint density at radius 2 is 2.05 bits per heavy atom. The highest BCUT2D eigenvalue weighted by Crippen LogP contribution is 2.35. The molecule has 2 atom stereocenters. The van der Waals surface area contributed by atoms with Crippen molar-refractivity contribution in [3.8, 4) is 5.75 Å². The summed E-state index contributed by atoms with van der Waals surface area (Å²) in [6.07, 6.45) is 2.64. The first-order valence-electron chi connectivity index (χ1n) is 7.85. The average molecular weight is 274 g/mol. The van der Waals surface area contributed by atoms with E-state index in [9.17, 15) is 0 Å². The van der Waals surface area contributed by atoms with E-state index in [1.165, 1.54) is 37.1 Å². The Labute approximate surface area is 122 Å². The third-order valence-electron chi connectivity index (χ3n) is 4.85. The fraction of sp³-hybridized carbons (Fsp3) is 0.647. The monoisotopic (exact) mass is 274 g/mol. The molecule has 0 amide bonds. The van der Waals surface area contributed by atoms with Gasteiger partial charge in [-0.2, -0.15) is 0 Å². The number of ether oxygens (including phenoxy) is 1. The lowest BCUT2D eigenvalue weighted by molar-refractivity contribution is 0.114. The van der Waals surface area contributed by atoms with Gasteiger partial charge in [0.1, 0.15) is 5.75 Å². The second kappa shape index (κ2) is 5.74. The lowest BCUT2D eigenvalue weighted by atomic mass is 9.89. The number of hydrogen-bond donors (Lipinski definition) is 1. The normalized spacial score (nSPS) is 27.9. The van der Waals surface area contributed by atoms with Crippen LogP contribution in [0, 0.1) is 18.8 Å². The molecule has 1 aromatic carbocycles. The van der Waals surface area contributed by atoms with Crippen LogP contribution >= 0.6 is 0 Å². The van der Waals surface area contributed by atoms with Crippen molar-refractivity contribution in [1.82, 2.24) is 4.90 Å². The van der Waals surface area contributed by atoms with Gasteiger partial charge in [-0.3, -0.25) is 0 Å². The number of fused-ring (bicyclic) bond motifs is 1. The molecule has 20 heavy (non-hydrogen) atoms. The van der Waals surface area contributed by atoms with E-state index < -0.39 is 0 Å². The number of aryl methyl sites for hydroxylation is 1. The molecule has 0 bridgehead atoms. The maximum Gasteiger partial charge on any atom is 0.124 e. The summed E-state index contributed by atoms with van der Waals surface area (Å²) >= 11 is 0. The standard InChI is InChI=1S/C17H26N2O/c1-12-5-7-19(8-6-12)10-14-11-20-16-4-3-13(2)9-15(16)17(14)18/h3-4,9,12,14,17H,5-8,10-11,18H2,1-2H3. The number of piperidine rings is 1. The summed E-state index contributed by atoms with van der Waals surface area (Å²) < 4.78 is 5.92. The number of rotatable bonds is 2. The molecule has 2 N–H and O–H groups in total. The molecular formula is C17H26N2O. The zero-order valence-corrected chi connectivity index (χ0v) is 12.6. The van der Waals surface area contributed by atoms with Gasteiger partial charge in [-0.25, -0.2) is 0 Å². The van der Waals surface area contributed by atoms with E-state index in [0.29, 0.717) is 5.92 Å². The zero-order chi connectivity index (χ0) is 14.1. The van der Waals surface area contributed by atoms with Crippen molar-refractivity contribution in [1.29, 1.82) is 0 Å². The molecule has 0 radical (unpaired) electrons. The minimum absolute atomic E-state index is 0.109. The summed E-state index contributed by atoms with van der Waals surface area (Å²) in [6.45, 7) is 8.72. The quantitative estimate of drug-likeness (QED) is 0.901. The largest absolute Gasteiger partial charge is 0.493 e. The fourth-order valence-corrected chi connectivity index (χ4v) is 3.36. The third kappa shape index (κ3) is 2.84. The van der Waals surface area contributed by atoms with E-state index in [1.807, 2.05) is 0 Å². The molecule has 0 aromatic heterocycles. The summed E-state index contributed by atoms with van der Waals surface area (Å²) in [5, 5.41) is 0. The third-order valence-corrected chi connectivity index (χ3v) is 4.85. The maximum absolute atomic E-state index is 6.50. The predicted octanol–water partition coefficient (Wildman–Crippen LogP) is 2.74. The predicted molar refractivity (Wildman–Crippen MR) is 81.9 cm³/mol. The number of nitrogens with two attached hydrogens (primary N) is 1. The highest BCUT2D eigenvalue weighted by atomic mass is 16.5. The summed E-state index contributed by atoms with van der Waals surface area (Å²) in [7, 11) is 0. The van der Waals surface area contributed by atoms with Crippen molar-refractivity contribution in [2.24, 2.45) is 17.6 Å². The topological polar surface area (TPSA) is 38.5 Å². The average Bonchev–Trinajstić information content (AvgIpc) is 2.45. The molecule has 1 saturated heterocycles. The van der Waals surface area contributed by atoms with Gasteiger partial charge in [0.05, 0.1) is 6.61 Å². The lowest BCUT2D eigenvalue weighted by Crippen LogP contribution is -2.43. The van der Waals surface area contributed by atoms with Crippen molar-refractivity contribution < 1.29 is 4.74 Å². The summed E-state index contributed by atoms with van der Waals surface area (Å²) in [5.74, 6) is 2.27. The molecule has 0 saturated carbocycles. The van der Waals surface area contributed by atoms with Gasteiger partial charge < -0.3 is 15.4 Å². The Balaban J connectivity index is 1.67. The molecule has 2 heterocycles. The first-order valence-corrected chi connectivity index (χ1v) is 7.85. The van der Waals surface area contributed by atoms with Crippen molar-refractivity contribution in [3.05, 3.63) is 29.3 Å². The van der Waals surface area contributed by atoms with E-state index in [-0.39, 0.29) is 6.04 Å². The molecule has 0 spiro atoms. The van der Waals surface area contributed by atoms with E-state index in [2.05, 4.69) is 36.9 Å². The molecule has 2 aliphatic heterocycles. The molecule has 3 heteroatoms. The minimum atomic E-state index is 0.109. The van der Waals surface area contributed by atoms with Crippen LogP contribution in [0.5, 0.6) is 5.75 Å². The van der Waals surface area contributed by atoms with Gasteiger partial charge in [0, 0.05) is 24.1 Å². The Hall–Kier alpha value is -1.06. The van der Waals surface area contributed by atoms with Crippen molar-refractivity contribution in [2.75, 3.05) is 26.2 Å². The van der Waals surface area contributed by atoms with Crippen LogP contribution in [0.15, 0.2) is 18.2 Å². The summed E-state index contributed by atoms with van der Waals surface area (Å²) in [5.41, 5.74) is 8.94. The zero-order valence-electron chi connectivity index (χ0n) is 12.6. The Morgan fingerprint density at radius 3 is 2.80 bits per heavy atom. The van der Waals surface area contributed by atoms with Crippen LogP contribution in [-0.2, 0) is 0 Å². The number of likely N-dealkylation sites (tertiary alicyclic amines) is 1. The Kier molecular flexibility index (Phi) is 3.99. The molecule has 110 valence electrons. The van der Waals surface area contributed by atoms with Crippen LogP contribution < -0.4 is 10.5 Å². The lowest BCUT2D eigenvalue weighted by Gasteiger charge is -2.37. The van der Waals surface area contributed by atoms with Gasteiger partial charge in [0.15, 0.2) is 0 Å². The smallest absolute Gasteiger partial charge is 0.124 e. The van der Waals surface area contributed by atoms with Crippen LogP contribution in [-0.4, -0.2) is 31.1 Å². The molecule has 3 rings (SSSR count). The van der Waals surface area contributed by atoms with Crippen molar-refractivity contribution >= 4 is 0 Å². The number of nitrogens with zero attached hydrogens (tertiary/aromatic N) is 1. The molecule has 2 aliphatic rings. The molecule has 1 aromatic rings. The van der Waals surface area contributed by atoms with Crippen LogP contribution in [0.1, 0.15) is 36.9 Å². The van der Waals surface area contributed by atoms with Gasteiger partial charge in [-0.1, -0.05) is 24.6 Å². The van der Waals surface area contributed by atoms with E-state index in [0.717, 1.165) is 24.8 Å². The van der Waals surface area contributed by atoms with Crippen molar-refractivity contribution in [3.63, 3.8) is 0 Å². The van der Waals surface area contributed by atoms with Crippen molar-refractivity contribution in [2.45, 2.75) is 32.7 Å². The van der Waals surface area contributed by atoms with Gasteiger partial charge in [0.25, 0.3) is 0 Å². The van der Waals surface area contributed by atoms with E-state index in [1.54, 1.807) is 0 Å². The van der Waals surface area contributed by atoms with E-state index >= 15 is 0 Å².